The number of thiol groups is 1. The second-order valence-electron chi connectivity index (χ2n) is 4.04. The van der Waals surface area contributed by atoms with Crippen LogP contribution in [0.25, 0.3) is 10.6 Å². The molecule has 0 amide bonds. The summed E-state index contributed by atoms with van der Waals surface area (Å²) in [6.07, 6.45) is 0. The van der Waals surface area contributed by atoms with Crippen molar-refractivity contribution < 1.29 is 4.74 Å². The third kappa shape index (κ3) is 2.19. The van der Waals surface area contributed by atoms with Gasteiger partial charge in [0.15, 0.2) is 0 Å². The van der Waals surface area contributed by atoms with Crippen LogP contribution in [0.3, 0.4) is 0 Å². The Kier molecular flexibility index (Phi) is 3.45. The van der Waals surface area contributed by atoms with E-state index in [9.17, 15) is 0 Å². The second kappa shape index (κ2) is 4.70. The molecule has 2 rings (SSSR count). The maximum Gasteiger partial charge on any atom is 0.124 e. The first-order valence-corrected chi connectivity index (χ1v) is 6.67. The summed E-state index contributed by atoms with van der Waals surface area (Å²) in [5, 5.41) is 3.74. The van der Waals surface area contributed by atoms with Crippen LogP contribution in [0, 0.1) is 20.8 Å². The van der Waals surface area contributed by atoms with Gasteiger partial charge in [-0.05, 0) is 43.5 Å². The van der Waals surface area contributed by atoms with Gasteiger partial charge < -0.3 is 4.74 Å². The number of aryl methyl sites for hydroxylation is 1. The molecule has 0 spiro atoms. The van der Waals surface area contributed by atoms with Gasteiger partial charge in [-0.3, -0.25) is 0 Å². The van der Waals surface area contributed by atoms with Gasteiger partial charge in [0, 0.05) is 10.9 Å². The van der Waals surface area contributed by atoms with Gasteiger partial charge in [0.25, 0.3) is 0 Å². The van der Waals surface area contributed by atoms with Crippen LogP contribution in [-0.2, 0) is 0 Å². The SMILES string of the molecule is COc1c(C)cc(-c2nc(S)cs2)c(C)c1C. The van der Waals surface area contributed by atoms with E-state index < -0.39 is 0 Å². The molecule has 0 N–H and O–H groups in total. The predicted molar refractivity (Wildman–Crippen MR) is 75.6 cm³/mol. The van der Waals surface area contributed by atoms with Crippen LogP contribution in [0.15, 0.2) is 16.5 Å². The van der Waals surface area contributed by atoms with Crippen LogP contribution in [0.2, 0.25) is 0 Å². The van der Waals surface area contributed by atoms with Crippen molar-refractivity contribution in [3.63, 3.8) is 0 Å². The van der Waals surface area contributed by atoms with Crippen molar-refractivity contribution >= 4 is 24.0 Å². The van der Waals surface area contributed by atoms with Crippen molar-refractivity contribution in [2.45, 2.75) is 25.8 Å². The number of thiazole rings is 1. The zero-order valence-electron chi connectivity index (χ0n) is 10.4. The Morgan fingerprint density at radius 3 is 2.47 bits per heavy atom. The summed E-state index contributed by atoms with van der Waals surface area (Å²) >= 11 is 5.87. The average Bonchev–Trinajstić information content (AvgIpc) is 2.71. The van der Waals surface area contributed by atoms with Crippen LogP contribution in [-0.4, -0.2) is 12.1 Å². The Morgan fingerprint density at radius 2 is 1.94 bits per heavy atom. The molecule has 1 aromatic heterocycles. The number of nitrogens with zero attached hydrogens (tertiary/aromatic N) is 1. The zero-order chi connectivity index (χ0) is 12.6. The number of aromatic nitrogens is 1. The van der Waals surface area contributed by atoms with Gasteiger partial charge in [-0.15, -0.1) is 24.0 Å². The second-order valence-corrected chi connectivity index (χ2v) is 5.35. The molecular weight excluding hydrogens is 250 g/mol. The fraction of sp³-hybridized carbons (Fsp3) is 0.308. The highest BCUT2D eigenvalue weighted by Crippen LogP contribution is 2.35. The summed E-state index contributed by atoms with van der Waals surface area (Å²) in [6.45, 7) is 6.25. The summed E-state index contributed by atoms with van der Waals surface area (Å²) in [7, 11) is 1.71. The van der Waals surface area contributed by atoms with Gasteiger partial charge in [0.05, 0.1) is 7.11 Å². The normalized spacial score (nSPS) is 10.6. The lowest BCUT2D eigenvalue weighted by Gasteiger charge is -2.14. The van der Waals surface area contributed by atoms with Gasteiger partial charge >= 0.3 is 0 Å². The lowest BCUT2D eigenvalue weighted by molar-refractivity contribution is 0.408. The largest absolute Gasteiger partial charge is 0.496 e. The number of ether oxygens (including phenoxy) is 1. The molecular formula is C13H15NOS2. The lowest BCUT2D eigenvalue weighted by Crippen LogP contribution is -1.96. The predicted octanol–water partition coefficient (Wildman–Crippen LogP) is 4.03. The third-order valence-electron chi connectivity index (χ3n) is 2.95. The maximum absolute atomic E-state index is 5.42. The van der Waals surface area contributed by atoms with E-state index in [1.54, 1.807) is 18.4 Å². The van der Waals surface area contributed by atoms with Crippen LogP contribution in [0.4, 0.5) is 0 Å². The first kappa shape index (κ1) is 12.5. The molecule has 2 aromatic rings. The van der Waals surface area contributed by atoms with E-state index in [2.05, 4.69) is 44.5 Å². The fourth-order valence-electron chi connectivity index (χ4n) is 1.98. The number of methoxy groups -OCH3 is 1. The van der Waals surface area contributed by atoms with E-state index in [4.69, 9.17) is 4.74 Å². The van der Waals surface area contributed by atoms with Crippen LogP contribution in [0.5, 0.6) is 5.75 Å². The summed E-state index contributed by atoms with van der Waals surface area (Å²) < 4.78 is 5.42. The Hall–Kier alpha value is -1.00. The van der Waals surface area contributed by atoms with Gasteiger partial charge in [0.1, 0.15) is 15.8 Å². The van der Waals surface area contributed by atoms with Gasteiger partial charge in [-0.25, -0.2) is 4.98 Å². The van der Waals surface area contributed by atoms with E-state index in [1.807, 2.05) is 5.38 Å². The molecule has 0 saturated carbocycles. The van der Waals surface area contributed by atoms with Crippen LogP contribution >= 0.6 is 24.0 Å². The highest BCUT2D eigenvalue weighted by atomic mass is 32.1. The maximum atomic E-state index is 5.42. The summed E-state index contributed by atoms with van der Waals surface area (Å²) in [5.41, 5.74) is 4.71. The van der Waals surface area contributed by atoms with Crippen molar-refractivity contribution in [3.05, 3.63) is 28.1 Å². The first-order chi connectivity index (χ1) is 8.04. The molecule has 0 bridgehead atoms. The van der Waals surface area contributed by atoms with Crippen molar-refractivity contribution in [3.8, 4) is 16.3 Å². The number of rotatable bonds is 2. The third-order valence-corrected chi connectivity index (χ3v) is 4.23. The molecule has 0 radical (unpaired) electrons. The molecule has 0 saturated heterocycles. The summed E-state index contributed by atoms with van der Waals surface area (Å²) in [5.74, 6) is 0.967. The minimum absolute atomic E-state index is 0.774. The number of hydrogen-bond donors (Lipinski definition) is 1. The average molecular weight is 265 g/mol. The monoisotopic (exact) mass is 265 g/mol. The minimum atomic E-state index is 0.774. The van der Waals surface area contributed by atoms with Crippen LogP contribution in [0.1, 0.15) is 16.7 Å². The number of benzene rings is 1. The van der Waals surface area contributed by atoms with Crippen LogP contribution < -0.4 is 4.74 Å². The lowest BCUT2D eigenvalue weighted by atomic mass is 9.99. The Balaban J connectivity index is 2.64. The van der Waals surface area contributed by atoms with E-state index >= 15 is 0 Å². The van der Waals surface area contributed by atoms with Crippen molar-refractivity contribution in [2.75, 3.05) is 7.11 Å². The van der Waals surface area contributed by atoms with E-state index in [0.717, 1.165) is 21.3 Å². The molecule has 0 fully saturated rings. The number of hydrogen-bond acceptors (Lipinski definition) is 4. The molecule has 1 heterocycles. The standard InChI is InChI=1S/C13H15NOS2/c1-7-5-10(13-14-11(16)6-17-13)8(2)9(3)12(7)15-4/h5-6,16H,1-4H3. The molecule has 2 nitrogen and oxygen atoms in total. The molecule has 90 valence electrons. The van der Waals surface area contributed by atoms with E-state index in [0.29, 0.717) is 0 Å². The molecule has 0 aliphatic carbocycles. The Labute approximate surface area is 111 Å². The molecule has 4 heteroatoms. The molecule has 0 aliphatic rings. The first-order valence-electron chi connectivity index (χ1n) is 5.34. The minimum Gasteiger partial charge on any atom is -0.496 e. The highest BCUT2D eigenvalue weighted by molar-refractivity contribution is 7.80. The molecule has 0 aliphatic heterocycles. The van der Waals surface area contributed by atoms with Crippen molar-refractivity contribution in [1.29, 1.82) is 0 Å². The van der Waals surface area contributed by atoms with Crippen molar-refractivity contribution in [1.82, 2.24) is 4.98 Å². The Bertz CT molecular complexity index is 561. The molecule has 0 atom stereocenters. The van der Waals surface area contributed by atoms with Gasteiger partial charge in [-0.1, -0.05) is 0 Å². The topological polar surface area (TPSA) is 22.1 Å². The van der Waals surface area contributed by atoms with E-state index in [-0.39, 0.29) is 0 Å². The van der Waals surface area contributed by atoms with Gasteiger partial charge in [-0.2, -0.15) is 0 Å². The smallest absolute Gasteiger partial charge is 0.124 e. The molecule has 1 aromatic carbocycles. The van der Waals surface area contributed by atoms with Gasteiger partial charge in [0.2, 0.25) is 0 Å². The van der Waals surface area contributed by atoms with E-state index in [1.165, 1.54) is 16.7 Å². The molecule has 17 heavy (non-hydrogen) atoms. The zero-order valence-corrected chi connectivity index (χ0v) is 12.1. The van der Waals surface area contributed by atoms with Crippen molar-refractivity contribution in [2.24, 2.45) is 0 Å². The Morgan fingerprint density at radius 1 is 1.24 bits per heavy atom. The summed E-state index contributed by atoms with van der Waals surface area (Å²) in [4.78, 5) is 4.42. The quantitative estimate of drug-likeness (QED) is 0.828. The fourth-order valence-corrected chi connectivity index (χ4v) is 3.07. The molecule has 0 unspecified atom stereocenters. The summed E-state index contributed by atoms with van der Waals surface area (Å²) in [6, 6.07) is 2.13. The highest BCUT2D eigenvalue weighted by Gasteiger charge is 2.13.